The Balaban J connectivity index is 1.85. The summed E-state index contributed by atoms with van der Waals surface area (Å²) in [5, 5.41) is 2.86. The molecule has 1 N–H and O–H groups in total. The van der Waals surface area contributed by atoms with Gasteiger partial charge in [-0.15, -0.1) is 0 Å². The lowest BCUT2D eigenvalue weighted by Gasteiger charge is -2.17. The third-order valence-corrected chi connectivity index (χ3v) is 3.13. The van der Waals surface area contributed by atoms with Crippen LogP contribution in [0.15, 0.2) is 24.3 Å². The molecule has 0 saturated carbocycles. The fourth-order valence-corrected chi connectivity index (χ4v) is 2.12. The van der Waals surface area contributed by atoms with Crippen molar-refractivity contribution in [3.8, 4) is 5.75 Å². The van der Waals surface area contributed by atoms with E-state index in [0.717, 1.165) is 6.42 Å². The van der Waals surface area contributed by atoms with Gasteiger partial charge in [-0.25, -0.2) is 0 Å². The monoisotopic (exact) mass is 293 g/mol. The van der Waals surface area contributed by atoms with Crippen molar-refractivity contribution >= 4 is 5.91 Å². The van der Waals surface area contributed by atoms with Crippen LogP contribution < -0.4 is 10.1 Å². The molecule has 5 heteroatoms. The molecule has 0 aromatic heterocycles. The van der Waals surface area contributed by atoms with Crippen LogP contribution in [-0.4, -0.2) is 37.6 Å². The Morgan fingerprint density at radius 3 is 2.95 bits per heavy atom. The van der Waals surface area contributed by atoms with E-state index in [1.54, 1.807) is 12.1 Å². The van der Waals surface area contributed by atoms with Gasteiger partial charge in [-0.2, -0.15) is 0 Å². The van der Waals surface area contributed by atoms with E-state index in [0.29, 0.717) is 31.1 Å². The first-order chi connectivity index (χ1) is 10.00. The molecule has 1 amide bonds. The van der Waals surface area contributed by atoms with Crippen LogP contribution in [0.25, 0.3) is 0 Å². The van der Waals surface area contributed by atoms with Gasteiger partial charge in [0.1, 0.15) is 11.9 Å². The summed E-state index contributed by atoms with van der Waals surface area (Å²) in [4.78, 5) is 12.1. The summed E-state index contributed by atoms with van der Waals surface area (Å²) in [5.41, 5.74) is 0.585. The zero-order valence-corrected chi connectivity index (χ0v) is 12.8. The number of hydrogen-bond donors (Lipinski definition) is 1. The second-order valence-corrected chi connectivity index (χ2v) is 5.54. The predicted octanol–water partition coefficient (Wildman–Crippen LogP) is 2.36. The van der Waals surface area contributed by atoms with Crippen LogP contribution in [0.1, 0.15) is 37.6 Å². The topological polar surface area (TPSA) is 56.8 Å². The van der Waals surface area contributed by atoms with Crippen molar-refractivity contribution in [1.82, 2.24) is 5.32 Å². The Labute approximate surface area is 125 Å². The molecule has 0 radical (unpaired) electrons. The van der Waals surface area contributed by atoms with Gasteiger partial charge >= 0.3 is 0 Å². The normalized spacial score (nSPS) is 20.2. The molecule has 116 valence electrons. The van der Waals surface area contributed by atoms with Gasteiger partial charge in [-0.1, -0.05) is 13.0 Å². The van der Waals surface area contributed by atoms with Gasteiger partial charge in [0.15, 0.2) is 5.79 Å². The molecular formula is C16H23NO4. The largest absolute Gasteiger partial charge is 0.494 e. The second kappa shape index (κ2) is 6.91. The maximum atomic E-state index is 12.1. The summed E-state index contributed by atoms with van der Waals surface area (Å²) in [6.45, 7) is 7.34. The number of hydrogen-bond acceptors (Lipinski definition) is 4. The van der Waals surface area contributed by atoms with Crippen molar-refractivity contribution in [3.05, 3.63) is 29.8 Å². The van der Waals surface area contributed by atoms with Gasteiger partial charge in [0.05, 0.1) is 13.2 Å². The molecule has 0 spiro atoms. The summed E-state index contributed by atoms with van der Waals surface area (Å²) < 4.78 is 16.6. The van der Waals surface area contributed by atoms with E-state index in [2.05, 4.69) is 5.32 Å². The summed E-state index contributed by atoms with van der Waals surface area (Å²) >= 11 is 0. The Morgan fingerprint density at radius 2 is 2.29 bits per heavy atom. The van der Waals surface area contributed by atoms with Gasteiger partial charge in [0.2, 0.25) is 0 Å². The molecular weight excluding hydrogens is 270 g/mol. The highest BCUT2D eigenvalue weighted by Gasteiger charge is 2.32. The second-order valence-electron chi connectivity index (χ2n) is 5.54. The Bertz CT molecular complexity index is 487. The molecule has 21 heavy (non-hydrogen) atoms. The van der Waals surface area contributed by atoms with Crippen LogP contribution in [0.3, 0.4) is 0 Å². The third-order valence-electron chi connectivity index (χ3n) is 3.13. The standard InChI is InChI=1S/C16H23NO4/c1-4-8-19-13-7-5-6-12(9-13)15(18)17-10-14-11-20-16(2,3)21-14/h5-7,9,14H,4,8,10-11H2,1-3H3,(H,17,18). The van der Waals surface area contributed by atoms with Crippen molar-refractivity contribution in [2.75, 3.05) is 19.8 Å². The molecule has 1 aromatic carbocycles. The van der Waals surface area contributed by atoms with Crippen molar-refractivity contribution in [2.24, 2.45) is 0 Å². The molecule has 0 bridgehead atoms. The maximum absolute atomic E-state index is 12.1. The molecule has 1 heterocycles. The lowest BCUT2D eigenvalue weighted by molar-refractivity contribution is -0.137. The average molecular weight is 293 g/mol. The number of carbonyl (C=O) groups is 1. The van der Waals surface area contributed by atoms with E-state index in [4.69, 9.17) is 14.2 Å². The number of benzene rings is 1. The minimum absolute atomic E-state index is 0.108. The molecule has 1 aromatic rings. The first-order valence-electron chi connectivity index (χ1n) is 7.33. The third kappa shape index (κ3) is 4.72. The summed E-state index contributed by atoms with van der Waals surface area (Å²) in [7, 11) is 0. The van der Waals surface area contributed by atoms with Crippen LogP contribution in [0.5, 0.6) is 5.75 Å². The smallest absolute Gasteiger partial charge is 0.251 e. The highest BCUT2D eigenvalue weighted by atomic mass is 16.7. The number of carbonyl (C=O) groups excluding carboxylic acids is 1. The zero-order chi connectivity index (χ0) is 15.3. The van der Waals surface area contributed by atoms with Crippen molar-refractivity contribution < 1.29 is 19.0 Å². The van der Waals surface area contributed by atoms with Gasteiger partial charge in [-0.3, -0.25) is 4.79 Å². The van der Waals surface area contributed by atoms with Crippen molar-refractivity contribution in [3.63, 3.8) is 0 Å². The molecule has 1 atom stereocenters. The average Bonchev–Trinajstić information content (AvgIpc) is 2.82. The number of amides is 1. The Hall–Kier alpha value is -1.59. The summed E-state index contributed by atoms with van der Waals surface area (Å²) in [6.07, 6.45) is 0.828. The van der Waals surface area contributed by atoms with Crippen molar-refractivity contribution in [2.45, 2.75) is 39.1 Å². The quantitative estimate of drug-likeness (QED) is 0.875. The predicted molar refractivity (Wildman–Crippen MR) is 79.5 cm³/mol. The van der Waals surface area contributed by atoms with Crippen LogP contribution >= 0.6 is 0 Å². The first kappa shape index (κ1) is 15.8. The van der Waals surface area contributed by atoms with Crippen molar-refractivity contribution in [1.29, 1.82) is 0 Å². The van der Waals surface area contributed by atoms with E-state index < -0.39 is 5.79 Å². The molecule has 1 fully saturated rings. The minimum Gasteiger partial charge on any atom is -0.494 e. The van der Waals surface area contributed by atoms with Gasteiger partial charge < -0.3 is 19.5 Å². The van der Waals surface area contributed by atoms with E-state index in [1.165, 1.54) is 0 Å². The fraction of sp³-hybridized carbons (Fsp3) is 0.562. The van der Waals surface area contributed by atoms with Crippen LogP contribution in [0.2, 0.25) is 0 Å². The fourth-order valence-electron chi connectivity index (χ4n) is 2.12. The Morgan fingerprint density at radius 1 is 1.48 bits per heavy atom. The van der Waals surface area contributed by atoms with Gasteiger partial charge in [0.25, 0.3) is 5.91 Å². The molecule has 0 aliphatic carbocycles. The number of rotatable bonds is 6. The molecule has 1 aliphatic heterocycles. The molecule has 1 unspecified atom stereocenters. The maximum Gasteiger partial charge on any atom is 0.251 e. The zero-order valence-electron chi connectivity index (χ0n) is 12.8. The lowest BCUT2D eigenvalue weighted by Crippen LogP contribution is -2.34. The minimum atomic E-state index is -0.566. The Kier molecular flexibility index (Phi) is 5.20. The van der Waals surface area contributed by atoms with Gasteiger partial charge in [-0.05, 0) is 38.5 Å². The first-order valence-corrected chi connectivity index (χ1v) is 7.33. The van der Waals surface area contributed by atoms with E-state index >= 15 is 0 Å². The van der Waals surface area contributed by atoms with Crippen LogP contribution in [-0.2, 0) is 9.47 Å². The summed E-state index contributed by atoms with van der Waals surface area (Å²) in [5.74, 6) is 0.0138. The molecule has 1 saturated heterocycles. The van der Waals surface area contributed by atoms with Crippen LogP contribution in [0, 0.1) is 0 Å². The van der Waals surface area contributed by atoms with Gasteiger partial charge in [0, 0.05) is 12.1 Å². The van der Waals surface area contributed by atoms with E-state index in [9.17, 15) is 4.79 Å². The van der Waals surface area contributed by atoms with E-state index in [-0.39, 0.29) is 12.0 Å². The highest BCUT2D eigenvalue weighted by molar-refractivity contribution is 5.94. The summed E-state index contributed by atoms with van der Waals surface area (Å²) in [6, 6.07) is 7.19. The highest BCUT2D eigenvalue weighted by Crippen LogP contribution is 2.21. The SMILES string of the molecule is CCCOc1cccc(C(=O)NCC2COC(C)(C)O2)c1. The lowest BCUT2D eigenvalue weighted by atomic mass is 10.2. The molecule has 5 nitrogen and oxygen atoms in total. The number of nitrogens with one attached hydrogen (secondary N) is 1. The van der Waals surface area contributed by atoms with E-state index in [1.807, 2.05) is 32.9 Å². The van der Waals surface area contributed by atoms with Crippen LogP contribution in [0.4, 0.5) is 0 Å². The molecule has 1 aliphatic rings. The number of ether oxygens (including phenoxy) is 3. The molecule has 2 rings (SSSR count).